The highest BCUT2D eigenvalue weighted by Gasteiger charge is 2.29. The zero-order chi connectivity index (χ0) is 23.4. The number of carbonyl (C=O) groups is 2. The number of rotatable bonds is 6. The number of carbonyl (C=O) groups excluding carboxylic acids is 2. The van der Waals surface area contributed by atoms with Crippen LogP contribution in [0.5, 0.6) is 0 Å². The van der Waals surface area contributed by atoms with Crippen molar-refractivity contribution >= 4 is 21.8 Å². The van der Waals surface area contributed by atoms with Gasteiger partial charge in [-0.3, -0.25) is 9.59 Å². The van der Waals surface area contributed by atoms with Crippen LogP contribution in [0.4, 0.5) is 0 Å². The molecule has 0 radical (unpaired) electrons. The molecule has 11 heteroatoms. The topological polar surface area (TPSA) is 126 Å². The summed E-state index contributed by atoms with van der Waals surface area (Å²) in [4.78, 5) is 31.3. The van der Waals surface area contributed by atoms with Gasteiger partial charge >= 0.3 is 0 Å². The number of nitrogens with zero attached hydrogens (tertiary/aromatic N) is 4. The lowest BCUT2D eigenvalue weighted by atomic mass is 9.95. The lowest BCUT2D eigenvalue weighted by Crippen LogP contribution is -2.43. The zero-order valence-corrected chi connectivity index (χ0v) is 19.5. The molecule has 1 N–H and O–H groups in total. The molecule has 10 nitrogen and oxygen atoms in total. The quantitative estimate of drug-likeness (QED) is 0.674. The lowest BCUT2D eigenvalue weighted by Gasteiger charge is -2.31. The van der Waals surface area contributed by atoms with Gasteiger partial charge in [-0.1, -0.05) is 11.6 Å². The molecule has 0 spiro atoms. The summed E-state index contributed by atoms with van der Waals surface area (Å²) in [5.41, 5.74) is 0.447. The number of hydrogen-bond donors (Lipinski definition) is 1. The Morgan fingerprint density at radius 3 is 2.33 bits per heavy atom. The molecule has 2 saturated heterocycles. The minimum Gasteiger partial charge on any atom is -0.347 e. The van der Waals surface area contributed by atoms with Crippen LogP contribution < -0.4 is 5.32 Å². The van der Waals surface area contributed by atoms with Crippen LogP contribution in [0.25, 0.3) is 0 Å². The molecule has 2 aliphatic heterocycles. The van der Waals surface area contributed by atoms with Crippen molar-refractivity contribution in [2.75, 3.05) is 26.2 Å². The maximum absolute atomic E-state index is 12.9. The zero-order valence-electron chi connectivity index (χ0n) is 18.7. The number of nitrogens with one attached hydrogen (secondary N) is 1. The van der Waals surface area contributed by atoms with Crippen molar-refractivity contribution in [3.8, 4) is 0 Å². The molecular formula is C22H29N5O5S. The average Bonchev–Trinajstić information content (AvgIpc) is 3.28. The summed E-state index contributed by atoms with van der Waals surface area (Å²) >= 11 is 0. The predicted octanol–water partition coefficient (Wildman–Crippen LogP) is 1.72. The van der Waals surface area contributed by atoms with E-state index in [1.165, 1.54) is 16.4 Å². The molecule has 0 atom stereocenters. The Hall–Kier alpha value is -2.79. The number of piperidine rings is 2. The molecule has 0 bridgehead atoms. The average molecular weight is 476 g/mol. The first-order chi connectivity index (χ1) is 15.8. The monoisotopic (exact) mass is 475 g/mol. The van der Waals surface area contributed by atoms with E-state index in [-0.39, 0.29) is 29.2 Å². The number of benzene rings is 1. The number of sulfonamides is 1. The van der Waals surface area contributed by atoms with Gasteiger partial charge in [-0.2, -0.15) is 9.29 Å². The van der Waals surface area contributed by atoms with Gasteiger partial charge in [-0.15, -0.1) is 0 Å². The fraction of sp³-hybridized carbons (Fsp3) is 0.545. The standard InChI is InChI=1S/C22H29N5O5S/c1-16-24-20(32-25-16)15-23-21(28)17-9-13-26(14-10-17)22(29)18-5-7-19(8-6-18)33(30,31)27-11-3-2-4-12-27/h5-8,17H,2-4,9-15H2,1H3,(H,23,28). The van der Waals surface area contributed by atoms with E-state index in [1.54, 1.807) is 24.0 Å². The van der Waals surface area contributed by atoms with Crippen LogP contribution in [-0.2, 0) is 21.4 Å². The third-order valence-electron chi connectivity index (χ3n) is 6.19. The van der Waals surface area contributed by atoms with Gasteiger partial charge in [-0.05, 0) is 56.9 Å². The Morgan fingerprint density at radius 2 is 1.73 bits per heavy atom. The van der Waals surface area contributed by atoms with Crippen LogP contribution >= 0.6 is 0 Å². The Bertz CT molecular complexity index is 1080. The largest absolute Gasteiger partial charge is 0.347 e. The molecule has 0 saturated carbocycles. The number of likely N-dealkylation sites (tertiary alicyclic amines) is 1. The van der Waals surface area contributed by atoms with Crippen LogP contribution in [0.3, 0.4) is 0 Å². The molecule has 3 heterocycles. The first kappa shape index (κ1) is 23.4. The van der Waals surface area contributed by atoms with Crippen molar-refractivity contribution in [3.63, 3.8) is 0 Å². The normalized spacial score (nSPS) is 18.3. The number of aryl methyl sites for hydroxylation is 1. The van der Waals surface area contributed by atoms with E-state index in [0.717, 1.165) is 19.3 Å². The highest BCUT2D eigenvalue weighted by molar-refractivity contribution is 7.89. The maximum atomic E-state index is 12.9. The van der Waals surface area contributed by atoms with E-state index < -0.39 is 10.0 Å². The van der Waals surface area contributed by atoms with Crippen LogP contribution in [0.1, 0.15) is 54.2 Å². The Labute approximate surface area is 193 Å². The molecule has 2 amide bonds. The number of aromatic nitrogens is 2. The van der Waals surface area contributed by atoms with E-state index >= 15 is 0 Å². The third kappa shape index (κ3) is 5.41. The minimum atomic E-state index is -3.52. The third-order valence-corrected chi connectivity index (χ3v) is 8.10. The summed E-state index contributed by atoms with van der Waals surface area (Å²) in [6.07, 6.45) is 3.92. The molecule has 4 rings (SSSR count). The molecular weight excluding hydrogens is 446 g/mol. The molecule has 178 valence electrons. The second kappa shape index (κ2) is 10.0. The maximum Gasteiger partial charge on any atom is 0.253 e. The van der Waals surface area contributed by atoms with Gasteiger partial charge in [0.25, 0.3) is 5.91 Å². The Balaban J connectivity index is 1.29. The van der Waals surface area contributed by atoms with Gasteiger partial charge in [0.05, 0.1) is 11.4 Å². The van der Waals surface area contributed by atoms with Crippen molar-refractivity contribution in [3.05, 3.63) is 41.5 Å². The first-order valence-corrected chi connectivity index (χ1v) is 12.7. The summed E-state index contributed by atoms with van der Waals surface area (Å²) < 4.78 is 32.1. The van der Waals surface area contributed by atoms with Gasteiger partial charge in [0.1, 0.15) is 0 Å². The second-order valence-electron chi connectivity index (χ2n) is 8.51. The van der Waals surface area contributed by atoms with Crippen LogP contribution in [0.15, 0.2) is 33.7 Å². The number of amides is 2. The smallest absolute Gasteiger partial charge is 0.253 e. The fourth-order valence-electron chi connectivity index (χ4n) is 4.27. The summed E-state index contributed by atoms with van der Waals surface area (Å²) in [6, 6.07) is 6.17. The highest BCUT2D eigenvalue weighted by atomic mass is 32.2. The van der Waals surface area contributed by atoms with Gasteiger partial charge in [-0.25, -0.2) is 8.42 Å². The highest BCUT2D eigenvalue weighted by Crippen LogP contribution is 2.23. The van der Waals surface area contributed by atoms with Crippen molar-refractivity contribution in [2.24, 2.45) is 5.92 Å². The Kier molecular flexibility index (Phi) is 7.08. The van der Waals surface area contributed by atoms with Crippen molar-refractivity contribution < 1.29 is 22.5 Å². The van der Waals surface area contributed by atoms with Crippen LogP contribution in [0.2, 0.25) is 0 Å². The van der Waals surface area contributed by atoms with E-state index in [9.17, 15) is 18.0 Å². The fourth-order valence-corrected chi connectivity index (χ4v) is 5.79. The molecule has 33 heavy (non-hydrogen) atoms. The van der Waals surface area contributed by atoms with Crippen LogP contribution in [0, 0.1) is 12.8 Å². The first-order valence-electron chi connectivity index (χ1n) is 11.3. The van der Waals surface area contributed by atoms with Crippen molar-refractivity contribution in [1.82, 2.24) is 24.7 Å². The molecule has 0 unspecified atom stereocenters. The van der Waals surface area contributed by atoms with E-state index in [2.05, 4.69) is 15.5 Å². The summed E-state index contributed by atoms with van der Waals surface area (Å²) in [5, 5.41) is 6.50. The van der Waals surface area contributed by atoms with E-state index in [1.807, 2.05) is 0 Å². The second-order valence-corrected chi connectivity index (χ2v) is 10.4. The van der Waals surface area contributed by atoms with Crippen molar-refractivity contribution in [2.45, 2.75) is 50.5 Å². The lowest BCUT2D eigenvalue weighted by molar-refractivity contribution is -0.126. The van der Waals surface area contributed by atoms with Crippen molar-refractivity contribution in [1.29, 1.82) is 0 Å². The molecule has 1 aromatic carbocycles. The summed E-state index contributed by atoms with van der Waals surface area (Å²) in [5.74, 6) is 0.444. The van der Waals surface area contributed by atoms with E-state index in [4.69, 9.17) is 4.52 Å². The van der Waals surface area contributed by atoms with Gasteiger partial charge in [0, 0.05) is 37.7 Å². The number of hydrogen-bond acceptors (Lipinski definition) is 7. The Morgan fingerprint density at radius 1 is 1.06 bits per heavy atom. The predicted molar refractivity (Wildman–Crippen MR) is 119 cm³/mol. The van der Waals surface area contributed by atoms with E-state index in [0.29, 0.717) is 56.3 Å². The molecule has 2 aromatic rings. The SMILES string of the molecule is Cc1noc(CNC(=O)C2CCN(C(=O)c3ccc(S(=O)(=O)N4CCCCC4)cc3)CC2)n1. The van der Waals surface area contributed by atoms with Gasteiger partial charge in [0.2, 0.25) is 21.8 Å². The minimum absolute atomic E-state index is 0.0924. The van der Waals surface area contributed by atoms with Gasteiger partial charge in [0.15, 0.2) is 5.82 Å². The van der Waals surface area contributed by atoms with Gasteiger partial charge < -0.3 is 14.7 Å². The summed E-state index contributed by atoms with van der Waals surface area (Å²) in [7, 11) is -3.52. The molecule has 2 fully saturated rings. The molecule has 2 aliphatic rings. The molecule has 0 aliphatic carbocycles. The summed E-state index contributed by atoms with van der Waals surface area (Å²) in [6.45, 7) is 3.91. The van der Waals surface area contributed by atoms with Crippen LogP contribution in [-0.4, -0.2) is 65.8 Å². The molecule has 1 aromatic heterocycles.